The normalized spacial score (nSPS) is 11.9. The highest BCUT2D eigenvalue weighted by molar-refractivity contribution is 9.10. The van der Waals surface area contributed by atoms with Crippen molar-refractivity contribution in [3.63, 3.8) is 0 Å². The Balaban J connectivity index is 1.99. The average Bonchev–Trinajstić information content (AvgIpc) is 3.24. The quantitative estimate of drug-likeness (QED) is 0.251. The van der Waals surface area contributed by atoms with Crippen molar-refractivity contribution in [2.75, 3.05) is 0 Å². The Morgan fingerprint density at radius 1 is 0.667 bits per heavy atom. The molecule has 0 radical (unpaired) electrons. The third-order valence-electron chi connectivity index (χ3n) is 5.25. The minimum absolute atomic E-state index is 1.16. The first kappa shape index (κ1) is 15.4. The van der Waals surface area contributed by atoms with Crippen molar-refractivity contribution in [1.82, 2.24) is 4.57 Å². The van der Waals surface area contributed by atoms with E-state index in [4.69, 9.17) is 0 Å². The van der Waals surface area contributed by atoms with Crippen LogP contribution in [0.5, 0.6) is 0 Å². The summed E-state index contributed by atoms with van der Waals surface area (Å²) in [5, 5.41) is 5.23. The van der Waals surface area contributed by atoms with E-state index in [2.05, 4.69) is 105 Å². The van der Waals surface area contributed by atoms with Gasteiger partial charge < -0.3 is 4.57 Å². The first-order chi connectivity index (χ1) is 13.3. The van der Waals surface area contributed by atoms with Gasteiger partial charge in [0, 0.05) is 41.1 Å². The summed E-state index contributed by atoms with van der Waals surface area (Å²) in [6.45, 7) is 0. The molecule has 0 aliphatic rings. The number of rotatable bonds is 1. The molecule has 4 aromatic carbocycles. The van der Waals surface area contributed by atoms with Crippen molar-refractivity contribution in [1.29, 1.82) is 0 Å². The lowest BCUT2D eigenvalue weighted by Gasteiger charge is -2.09. The molecule has 0 aliphatic carbocycles. The van der Waals surface area contributed by atoms with Gasteiger partial charge >= 0.3 is 0 Å². The molecule has 1 nitrogen and oxygen atoms in total. The topological polar surface area (TPSA) is 4.93 Å². The second-order valence-electron chi connectivity index (χ2n) is 6.74. The fourth-order valence-electron chi connectivity index (χ4n) is 4.16. The minimum Gasteiger partial charge on any atom is -0.309 e. The van der Waals surface area contributed by atoms with Gasteiger partial charge in [-0.2, -0.15) is 0 Å². The van der Waals surface area contributed by atoms with Gasteiger partial charge in [-0.05, 0) is 30.3 Å². The van der Waals surface area contributed by atoms with E-state index >= 15 is 0 Å². The maximum absolute atomic E-state index is 3.88. The number of halogens is 1. The molecule has 0 fully saturated rings. The molecular weight excluding hydrogens is 414 g/mol. The van der Waals surface area contributed by atoms with E-state index in [1.165, 1.54) is 47.7 Å². The Labute approximate surface area is 168 Å². The van der Waals surface area contributed by atoms with Gasteiger partial charge in [0.05, 0.1) is 11.0 Å². The molecule has 2 aromatic heterocycles. The second kappa shape index (κ2) is 5.69. The maximum atomic E-state index is 3.88. The van der Waals surface area contributed by atoms with Gasteiger partial charge in [0.1, 0.15) is 0 Å². The Morgan fingerprint density at radius 2 is 1.37 bits per heavy atom. The molecule has 0 spiro atoms. The van der Waals surface area contributed by atoms with E-state index < -0.39 is 0 Å². The lowest BCUT2D eigenvalue weighted by molar-refractivity contribution is 1.19. The highest BCUT2D eigenvalue weighted by atomic mass is 79.9. The van der Waals surface area contributed by atoms with Gasteiger partial charge in [0.15, 0.2) is 0 Å². The predicted molar refractivity (Wildman–Crippen MR) is 121 cm³/mol. The van der Waals surface area contributed by atoms with Crippen LogP contribution in [-0.2, 0) is 0 Å². The summed E-state index contributed by atoms with van der Waals surface area (Å²) in [6.07, 6.45) is 0. The Hall–Kier alpha value is -2.62. The predicted octanol–water partition coefficient (Wildman–Crippen LogP) is 7.91. The van der Waals surface area contributed by atoms with E-state index in [-0.39, 0.29) is 0 Å². The van der Waals surface area contributed by atoms with E-state index in [9.17, 15) is 0 Å². The fourth-order valence-corrected chi connectivity index (χ4v) is 6.09. The Bertz CT molecular complexity index is 1470. The van der Waals surface area contributed by atoms with Gasteiger partial charge in [0.25, 0.3) is 0 Å². The molecule has 3 heteroatoms. The smallest absolute Gasteiger partial charge is 0.0645 e. The molecule has 0 bridgehead atoms. The van der Waals surface area contributed by atoms with Gasteiger partial charge in [0.2, 0.25) is 0 Å². The molecule has 0 N–H and O–H groups in total. The molecular formula is C24H14BrNS. The summed E-state index contributed by atoms with van der Waals surface area (Å²) in [6, 6.07) is 30.4. The largest absolute Gasteiger partial charge is 0.309 e. The molecule has 0 saturated carbocycles. The van der Waals surface area contributed by atoms with E-state index in [0.717, 1.165) is 4.47 Å². The van der Waals surface area contributed by atoms with Crippen molar-refractivity contribution in [2.24, 2.45) is 0 Å². The molecule has 2 heterocycles. The first-order valence-corrected chi connectivity index (χ1v) is 10.5. The number of thiophene rings is 1. The molecule has 0 saturated heterocycles. The van der Waals surface area contributed by atoms with Gasteiger partial charge in [-0.1, -0.05) is 70.5 Å². The highest BCUT2D eigenvalue weighted by Gasteiger charge is 2.19. The lowest BCUT2D eigenvalue weighted by atomic mass is 10.1. The zero-order chi connectivity index (χ0) is 18.0. The van der Waals surface area contributed by atoms with Crippen LogP contribution in [0.15, 0.2) is 89.4 Å². The standard InChI is InChI=1S/C24H14BrNS/c25-18-14-21-23(17-11-5-7-13-20(17)27-21)24-22(18)16-10-4-6-12-19(16)26(24)15-8-2-1-3-9-15/h1-14H. The van der Waals surface area contributed by atoms with Gasteiger partial charge in [-0.3, -0.25) is 0 Å². The van der Waals surface area contributed by atoms with Crippen molar-refractivity contribution < 1.29 is 0 Å². The average molecular weight is 428 g/mol. The van der Waals surface area contributed by atoms with Gasteiger partial charge in [-0.15, -0.1) is 11.3 Å². The van der Waals surface area contributed by atoms with Crippen LogP contribution in [0, 0.1) is 0 Å². The van der Waals surface area contributed by atoms with Crippen LogP contribution in [-0.4, -0.2) is 4.57 Å². The fraction of sp³-hybridized carbons (Fsp3) is 0. The van der Waals surface area contributed by atoms with E-state index in [1.54, 1.807) is 0 Å². The molecule has 27 heavy (non-hydrogen) atoms. The number of hydrogen-bond donors (Lipinski definition) is 0. The molecule has 0 unspecified atom stereocenters. The lowest BCUT2D eigenvalue weighted by Crippen LogP contribution is -1.93. The van der Waals surface area contributed by atoms with Crippen LogP contribution in [0.3, 0.4) is 0 Å². The number of hydrogen-bond acceptors (Lipinski definition) is 1. The van der Waals surface area contributed by atoms with Crippen LogP contribution in [0.2, 0.25) is 0 Å². The van der Waals surface area contributed by atoms with Crippen LogP contribution >= 0.6 is 27.3 Å². The third-order valence-corrected chi connectivity index (χ3v) is 6.99. The summed E-state index contributed by atoms with van der Waals surface area (Å²) < 4.78 is 6.21. The third kappa shape index (κ3) is 2.10. The zero-order valence-electron chi connectivity index (χ0n) is 14.3. The molecule has 6 rings (SSSR count). The SMILES string of the molecule is Brc1cc2sc3ccccc3c2c2c1c1ccccc1n2-c1ccccc1. The summed E-state index contributed by atoms with van der Waals surface area (Å²) in [7, 11) is 0. The van der Waals surface area contributed by atoms with E-state index in [1.807, 2.05) is 11.3 Å². The highest BCUT2D eigenvalue weighted by Crippen LogP contribution is 2.45. The second-order valence-corrected chi connectivity index (χ2v) is 8.68. The summed E-state index contributed by atoms with van der Waals surface area (Å²) in [4.78, 5) is 0. The van der Waals surface area contributed by atoms with Crippen molar-refractivity contribution in [2.45, 2.75) is 0 Å². The maximum Gasteiger partial charge on any atom is 0.0645 e. The number of para-hydroxylation sites is 2. The number of benzene rings is 4. The molecule has 0 amide bonds. The van der Waals surface area contributed by atoms with Crippen LogP contribution in [0.4, 0.5) is 0 Å². The number of aromatic nitrogens is 1. The monoisotopic (exact) mass is 427 g/mol. The van der Waals surface area contributed by atoms with Crippen LogP contribution < -0.4 is 0 Å². The summed E-state index contributed by atoms with van der Waals surface area (Å²) >= 11 is 5.74. The number of nitrogens with zero attached hydrogens (tertiary/aromatic N) is 1. The van der Waals surface area contributed by atoms with Crippen molar-refractivity contribution in [3.8, 4) is 5.69 Å². The first-order valence-electron chi connectivity index (χ1n) is 8.91. The summed E-state index contributed by atoms with van der Waals surface area (Å²) in [5.74, 6) is 0. The Morgan fingerprint density at radius 3 is 2.22 bits per heavy atom. The van der Waals surface area contributed by atoms with Gasteiger partial charge in [-0.25, -0.2) is 0 Å². The van der Waals surface area contributed by atoms with Crippen LogP contribution in [0.1, 0.15) is 0 Å². The molecule has 0 atom stereocenters. The minimum atomic E-state index is 1.16. The Kier molecular flexibility index (Phi) is 3.25. The van der Waals surface area contributed by atoms with E-state index in [0.29, 0.717) is 0 Å². The van der Waals surface area contributed by atoms with Crippen LogP contribution in [0.25, 0.3) is 47.7 Å². The molecule has 0 aliphatic heterocycles. The zero-order valence-corrected chi connectivity index (χ0v) is 16.7. The summed E-state index contributed by atoms with van der Waals surface area (Å²) in [5.41, 5.74) is 3.71. The molecule has 6 aromatic rings. The molecule has 128 valence electrons. The van der Waals surface area contributed by atoms with Crippen molar-refractivity contribution >= 4 is 69.2 Å². The van der Waals surface area contributed by atoms with Crippen molar-refractivity contribution in [3.05, 3.63) is 89.4 Å². The number of fused-ring (bicyclic) bond motifs is 7.